The van der Waals surface area contributed by atoms with E-state index in [0.717, 1.165) is 28.0 Å². The number of aromatic nitrogens is 3. The van der Waals surface area contributed by atoms with Crippen molar-refractivity contribution in [3.63, 3.8) is 0 Å². The van der Waals surface area contributed by atoms with Gasteiger partial charge in [0.05, 0.1) is 17.9 Å². The monoisotopic (exact) mass is 389 g/mol. The first-order valence-electron chi connectivity index (χ1n) is 9.02. The maximum absolute atomic E-state index is 11.9. The van der Waals surface area contributed by atoms with E-state index in [9.17, 15) is 4.79 Å². The normalized spacial score (nSPS) is 10.9. The number of fused-ring (bicyclic) bond motifs is 1. The quantitative estimate of drug-likeness (QED) is 0.384. The highest BCUT2D eigenvalue weighted by Crippen LogP contribution is 2.27. The van der Waals surface area contributed by atoms with E-state index in [1.165, 1.54) is 5.56 Å². The molecule has 5 nitrogen and oxygen atoms in total. The Hall–Kier alpha value is -3.25. The summed E-state index contributed by atoms with van der Waals surface area (Å²) < 4.78 is 7.40. The highest BCUT2D eigenvalue weighted by Gasteiger charge is 2.12. The maximum Gasteiger partial charge on any atom is 0.338 e. The van der Waals surface area contributed by atoms with Crippen LogP contribution in [0.15, 0.2) is 60.9 Å². The number of benzene rings is 2. The lowest BCUT2D eigenvalue weighted by Gasteiger charge is -2.06. The van der Waals surface area contributed by atoms with Crippen molar-refractivity contribution >= 4 is 23.8 Å². The fourth-order valence-electron chi connectivity index (χ4n) is 3.10. The van der Waals surface area contributed by atoms with E-state index in [0.29, 0.717) is 16.9 Å². The lowest BCUT2D eigenvalue weighted by molar-refractivity contribution is 0.0526. The second kappa shape index (κ2) is 7.40. The molecule has 2 aromatic carbocycles. The number of nitrogens with zero attached hydrogens (tertiary/aromatic N) is 2. The minimum atomic E-state index is -0.325. The highest BCUT2D eigenvalue weighted by molar-refractivity contribution is 7.71. The lowest BCUT2D eigenvalue weighted by atomic mass is 10.1. The maximum atomic E-state index is 11.9. The summed E-state index contributed by atoms with van der Waals surface area (Å²) in [5.41, 5.74) is 6.47. The number of aromatic amines is 1. The Morgan fingerprint density at radius 1 is 1.11 bits per heavy atom. The highest BCUT2D eigenvalue weighted by atomic mass is 32.1. The van der Waals surface area contributed by atoms with E-state index in [1.807, 2.05) is 22.7 Å². The van der Waals surface area contributed by atoms with E-state index in [1.54, 1.807) is 25.3 Å². The number of esters is 1. The fourth-order valence-corrected chi connectivity index (χ4v) is 3.29. The first-order chi connectivity index (χ1) is 13.6. The van der Waals surface area contributed by atoms with Crippen molar-refractivity contribution in [2.75, 3.05) is 6.61 Å². The summed E-state index contributed by atoms with van der Waals surface area (Å²) in [4.78, 5) is 19.7. The van der Waals surface area contributed by atoms with Gasteiger partial charge in [-0.1, -0.05) is 42.0 Å². The summed E-state index contributed by atoms with van der Waals surface area (Å²) in [7, 11) is 0. The van der Waals surface area contributed by atoms with Crippen LogP contribution in [-0.2, 0) is 4.74 Å². The summed E-state index contributed by atoms with van der Waals surface area (Å²) in [6.07, 6.45) is 3.72. The summed E-state index contributed by atoms with van der Waals surface area (Å²) in [6.45, 7) is 4.21. The molecule has 2 heterocycles. The summed E-state index contributed by atoms with van der Waals surface area (Å²) in [5, 5.41) is 0. The predicted molar refractivity (Wildman–Crippen MR) is 112 cm³/mol. The SMILES string of the molecule is CCOC(=O)c1ccc(-c2cnc(=S)n3cc(-c4ccc(C)cc4)[nH]c23)cc1. The number of carbonyl (C=O) groups is 1. The third kappa shape index (κ3) is 3.34. The second-order valence-corrected chi connectivity index (χ2v) is 6.87. The number of carbonyl (C=O) groups excluding carboxylic acids is 1. The van der Waals surface area contributed by atoms with Crippen LogP contribution in [0.3, 0.4) is 0 Å². The minimum absolute atomic E-state index is 0.325. The van der Waals surface area contributed by atoms with Gasteiger partial charge in [-0.2, -0.15) is 0 Å². The Balaban J connectivity index is 1.79. The van der Waals surface area contributed by atoms with E-state index >= 15 is 0 Å². The molecule has 4 aromatic rings. The predicted octanol–water partition coefficient (Wildman–Crippen LogP) is 5.21. The molecule has 0 saturated heterocycles. The number of H-pyrrole nitrogens is 1. The number of hydrogen-bond acceptors (Lipinski definition) is 4. The molecule has 140 valence electrons. The molecule has 0 spiro atoms. The van der Waals surface area contributed by atoms with Crippen molar-refractivity contribution in [1.82, 2.24) is 14.4 Å². The average Bonchev–Trinajstić information content (AvgIpc) is 3.15. The standard InChI is InChI=1S/C22H19N3O2S/c1-3-27-21(26)17-10-8-15(9-11-17)18-12-23-22(28)25-13-19(24-20(18)25)16-6-4-14(2)5-7-16/h4-13,24H,3H2,1-2H3. The summed E-state index contributed by atoms with van der Waals surface area (Å²) >= 11 is 5.40. The van der Waals surface area contributed by atoms with Gasteiger partial charge in [-0.25, -0.2) is 9.78 Å². The molecule has 0 aliphatic heterocycles. The third-order valence-electron chi connectivity index (χ3n) is 4.59. The first kappa shape index (κ1) is 18.1. The molecule has 0 bridgehead atoms. The van der Waals surface area contributed by atoms with Crippen LogP contribution in [0.1, 0.15) is 22.8 Å². The molecular formula is C22H19N3O2S. The van der Waals surface area contributed by atoms with Crippen molar-refractivity contribution in [2.45, 2.75) is 13.8 Å². The van der Waals surface area contributed by atoms with Gasteiger partial charge in [0.2, 0.25) is 4.77 Å². The molecule has 0 unspecified atom stereocenters. The number of imidazole rings is 1. The number of aryl methyl sites for hydroxylation is 1. The van der Waals surface area contributed by atoms with Gasteiger partial charge in [0.25, 0.3) is 0 Å². The fraction of sp³-hybridized carbons (Fsp3) is 0.136. The Morgan fingerprint density at radius 3 is 2.46 bits per heavy atom. The average molecular weight is 389 g/mol. The van der Waals surface area contributed by atoms with Crippen LogP contribution in [0.5, 0.6) is 0 Å². The van der Waals surface area contributed by atoms with Gasteiger partial charge in [0.15, 0.2) is 0 Å². The zero-order chi connectivity index (χ0) is 19.7. The Morgan fingerprint density at radius 2 is 1.79 bits per heavy atom. The number of nitrogens with one attached hydrogen (secondary N) is 1. The third-order valence-corrected chi connectivity index (χ3v) is 4.89. The number of rotatable bonds is 4. The topological polar surface area (TPSA) is 59.4 Å². The van der Waals surface area contributed by atoms with Crippen molar-refractivity contribution in [2.24, 2.45) is 0 Å². The van der Waals surface area contributed by atoms with E-state index in [4.69, 9.17) is 17.0 Å². The first-order valence-corrected chi connectivity index (χ1v) is 9.42. The van der Waals surface area contributed by atoms with Crippen LogP contribution < -0.4 is 0 Å². The van der Waals surface area contributed by atoms with Gasteiger partial charge in [-0.15, -0.1) is 0 Å². The van der Waals surface area contributed by atoms with Crippen LogP contribution in [0.4, 0.5) is 0 Å². The van der Waals surface area contributed by atoms with Gasteiger partial charge < -0.3 is 9.72 Å². The minimum Gasteiger partial charge on any atom is -0.462 e. The van der Waals surface area contributed by atoms with Crippen molar-refractivity contribution in [3.05, 3.63) is 76.8 Å². The van der Waals surface area contributed by atoms with Crippen LogP contribution in [0.2, 0.25) is 0 Å². The van der Waals surface area contributed by atoms with Crippen LogP contribution in [0.25, 0.3) is 28.0 Å². The molecular weight excluding hydrogens is 370 g/mol. The number of hydrogen-bond donors (Lipinski definition) is 1. The van der Waals surface area contributed by atoms with Gasteiger partial charge in [0, 0.05) is 18.0 Å². The van der Waals surface area contributed by atoms with Gasteiger partial charge in [0.1, 0.15) is 5.65 Å². The molecule has 4 rings (SSSR count). The summed E-state index contributed by atoms with van der Waals surface area (Å²) in [6, 6.07) is 15.6. The van der Waals surface area contributed by atoms with Gasteiger partial charge in [-0.3, -0.25) is 4.40 Å². The van der Waals surface area contributed by atoms with E-state index < -0.39 is 0 Å². The lowest BCUT2D eigenvalue weighted by Crippen LogP contribution is -2.04. The molecule has 2 aromatic heterocycles. The van der Waals surface area contributed by atoms with Crippen molar-refractivity contribution in [3.8, 4) is 22.4 Å². The molecule has 0 aliphatic rings. The van der Waals surface area contributed by atoms with Gasteiger partial charge in [-0.05, 0) is 49.3 Å². The molecule has 1 N–H and O–H groups in total. The molecule has 0 radical (unpaired) electrons. The van der Waals surface area contributed by atoms with Crippen LogP contribution in [-0.4, -0.2) is 26.9 Å². The molecule has 0 atom stereocenters. The largest absolute Gasteiger partial charge is 0.462 e. The van der Waals surface area contributed by atoms with Crippen molar-refractivity contribution in [1.29, 1.82) is 0 Å². The Kier molecular flexibility index (Phi) is 4.79. The molecule has 0 fully saturated rings. The smallest absolute Gasteiger partial charge is 0.338 e. The molecule has 0 amide bonds. The van der Waals surface area contributed by atoms with E-state index in [2.05, 4.69) is 41.2 Å². The second-order valence-electron chi connectivity index (χ2n) is 6.50. The molecule has 6 heteroatoms. The summed E-state index contributed by atoms with van der Waals surface area (Å²) in [5.74, 6) is -0.325. The van der Waals surface area contributed by atoms with Crippen LogP contribution >= 0.6 is 12.2 Å². The molecule has 28 heavy (non-hydrogen) atoms. The Bertz CT molecular complexity index is 1210. The van der Waals surface area contributed by atoms with E-state index in [-0.39, 0.29) is 5.97 Å². The molecule has 0 saturated carbocycles. The van der Waals surface area contributed by atoms with Gasteiger partial charge >= 0.3 is 5.97 Å². The number of ether oxygens (including phenoxy) is 1. The molecule has 0 aliphatic carbocycles. The zero-order valence-corrected chi connectivity index (χ0v) is 16.4. The van der Waals surface area contributed by atoms with Crippen molar-refractivity contribution < 1.29 is 9.53 Å². The zero-order valence-electron chi connectivity index (χ0n) is 15.6. The van der Waals surface area contributed by atoms with Crippen LogP contribution in [0, 0.1) is 11.7 Å². The Labute approximate surface area is 167 Å².